The molecule has 0 atom stereocenters. The van der Waals surface area contributed by atoms with Gasteiger partial charge in [0.15, 0.2) is 0 Å². The van der Waals surface area contributed by atoms with Crippen LogP contribution in [0.5, 0.6) is 0 Å². The van der Waals surface area contributed by atoms with Gasteiger partial charge in [0.25, 0.3) is 11.8 Å². The highest BCUT2D eigenvalue weighted by Gasteiger charge is 2.40. The van der Waals surface area contributed by atoms with Crippen LogP contribution in [0.3, 0.4) is 0 Å². The maximum absolute atomic E-state index is 14.0. The van der Waals surface area contributed by atoms with Gasteiger partial charge in [-0.3, -0.25) is 9.59 Å². The average Bonchev–Trinajstić information content (AvgIpc) is 2.86. The number of carbonyl (C=O) groups excluding carboxylic acids is 3. The van der Waals surface area contributed by atoms with Crippen LogP contribution in [-0.4, -0.2) is 23.9 Å². The Morgan fingerprint density at radius 2 is 1.71 bits per heavy atom. The van der Waals surface area contributed by atoms with Gasteiger partial charge in [0.05, 0.1) is 17.4 Å². The van der Waals surface area contributed by atoms with Crippen LogP contribution in [0.4, 0.5) is 15.8 Å². The highest BCUT2D eigenvalue weighted by molar-refractivity contribution is 6.53. The molecule has 1 N–H and O–H groups in total. The fourth-order valence-corrected chi connectivity index (χ4v) is 2.79. The minimum absolute atomic E-state index is 0.174. The van der Waals surface area contributed by atoms with Crippen molar-refractivity contribution in [3.05, 3.63) is 70.6 Å². The van der Waals surface area contributed by atoms with Crippen LogP contribution < -0.4 is 10.2 Å². The van der Waals surface area contributed by atoms with Crippen LogP contribution in [0, 0.1) is 5.82 Å². The van der Waals surface area contributed by atoms with Gasteiger partial charge in [-0.25, -0.2) is 14.1 Å². The Morgan fingerprint density at radius 1 is 1.07 bits per heavy atom. The molecule has 8 heteroatoms. The topological polar surface area (TPSA) is 75.7 Å². The number of ether oxygens (including phenoxy) is 1. The van der Waals surface area contributed by atoms with E-state index in [0.717, 1.165) is 6.07 Å². The van der Waals surface area contributed by atoms with Crippen molar-refractivity contribution < 1.29 is 23.5 Å². The fraction of sp³-hybridized carbons (Fsp3) is 0.150. The fourth-order valence-electron chi connectivity index (χ4n) is 2.58. The Balaban J connectivity index is 1.81. The molecule has 2 aromatic rings. The molecule has 0 unspecified atom stereocenters. The zero-order valence-corrected chi connectivity index (χ0v) is 15.8. The maximum Gasteiger partial charge on any atom is 0.338 e. The second-order valence-electron chi connectivity index (χ2n) is 6.24. The predicted molar refractivity (Wildman–Crippen MR) is 102 cm³/mol. The lowest BCUT2D eigenvalue weighted by atomic mass is 10.2. The van der Waals surface area contributed by atoms with Crippen molar-refractivity contribution >= 4 is 40.8 Å². The van der Waals surface area contributed by atoms with Crippen molar-refractivity contribution in [1.82, 2.24) is 0 Å². The largest absolute Gasteiger partial charge is 0.459 e. The van der Waals surface area contributed by atoms with Crippen LogP contribution in [0.25, 0.3) is 0 Å². The molecule has 0 aliphatic carbocycles. The first-order valence-corrected chi connectivity index (χ1v) is 8.78. The number of rotatable bonds is 5. The monoisotopic (exact) mass is 402 g/mol. The third-order valence-electron chi connectivity index (χ3n) is 3.85. The number of esters is 1. The van der Waals surface area contributed by atoms with E-state index in [4.69, 9.17) is 16.3 Å². The number of carbonyl (C=O) groups is 3. The first-order valence-electron chi connectivity index (χ1n) is 8.40. The highest BCUT2D eigenvalue weighted by atomic mass is 35.5. The smallest absolute Gasteiger partial charge is 0.338 e. The van der Waals surface area contributed by atoms with Crippen molar-refractivity contribution in [3.63, 3.8) is 0 Å². The Bertz CT molecular complexity index is 986. The molecule has 3 rings (SSSR count). The summed E-state index contributed by atoms with van der Waals surface area (Å²) in [7, 11) is 0. The van der Waals surface area contributed by atoms with E-state index in [1.165, 1.54) is 42.5 Å². The molecule has 0 bridgehead atoms. The highest BCUT2D eigenvalue weighted by Crippen LogP contribution is 2.31. The van der Waals surface area contributed by atoms with Gasteiger partial charge in [0.2, 0.25) is 0 Å². The molecule has 0 saturated carbocycles. The number of imide groups is 1. The van der Waals surface area contributed by atoms with Crippen LogP contribution in [0.1, 0.15) is 24.2 Å². The van der Waals surface area contributed by atoms with Gasteiger partial charge < -0.3 is 10.1 Å². The van der Waals surface area contributed by atoms with Crippen LogP contribution in [0.15, 0.2) is 59.3 Å². The number of nitrogens with one attached hydrogen (secondary N) is 1. The third kappa shape index (κ3) is 3.75. The SMILES string of the molecule is CC(C)OC(=O)c1ccc(NC2=C(Cl)C(=O)N(c3ccccc3F)C2=O)cc1. The first-order chi connectivity index (χ1) is 13.3. The zero-order chi connectivity index (χ0) is 20.4. The zero-order valence-electron chi connectivity index (χ0n) is 15.0. The summed E-state index contributed by atoms with van der Waals surface area (Å²) in [6, 6.07) is 11.5. The third-order valence-corrected chi connectivity index (χ3v) is 4.20. The van der Waals surface area contributed by atoms with Crippen molar-refractivity contribution in [2.45, 2.75) is 20.0 Å². The van der Waals surface area contributed by atoms with Gasteiger partial charge in [-0.1, -0.05) is 23.7 Å². The quantitative estimate of drug-likeness (QED) is 0.607. The first kappa shape index (κ1) is 19.6. The second kappa shape index (κ2) is 7.82. The van der Waals surface area contributed by atoms with Gasteiger partial charge in [-0.15, -0.1) is 0 Å². The van der Waals surface area contributed by atoms with E-state index in [1.54, 1.807) is 13.8 Å². The molecule has 0 saturated heterocycles. The molecule has 1 heterocycles. The minimum Gasteiger partial charge on any atom is -0.459 e. The van der Waals surface area contributed by atoms with Gasteiger partial charge >= 0.3 is 5.97 Å². The minimum atomic E-state index is -0.823. The summed E-state index contributed by atoms with van der Waals surface area (Å²) in [5.74, 6) is -2.79. The number of halogens is 2. The summed E-state index contributed by atoms with van der Waals surface area (Å²) in [5, 5.41) is 2.41. The lowest BCUT2D eigenvalue weighted by Crippen LogP contribution is -2.33. The van der Waals surface area contributed by atoms with Crippen molar-refractivity contribution in [2.75, 3.05) is 10.2 Å². The molecule has 0 aromatic heterocycles. The predicted octanol–water partition coefficient (Wildman–Crippen LogP) is 3.83. The van der Waals surface area contributed by atoms with E-state index >= 15 is 0 Å². The number of anilines is 2. The van der Waals surface area contributed by atoms with Crippen molar-refractivity contribution in [3.8, 4) is 0 Å². The molecular weight excluding hydrogens is 387 g/mol. The van der Waals surface area contributed by atoms with E-state index in [1.807, 2.05) is 0 Å². The Labute approximate surface area is 165 Å². The van der Waals surface area contributed by atoms with Crippen molar-refractivity contribution in [2.24, 2.45) is 0 Å². The van der Waals surface area contributed by atoms with Crippen LogP contribution in [-0.2, 0) is 14.3 Å². The van der Waals surface area contributed by atoms with Crippen LogP contribution in [0.2, 0.25) is 0 Å². The summed E-state index contributed by atoms with van der Waals surface area (Å²) in [6.45, 7) is 3.48. The van der Waals surface area contributed by atoms with E-state index < -0.39 is 23.6 Å². The number of nitrogens with zero attached hydrogens (tertiary/aromatic N) is 1. The van der Waals surface area contributed by atoms with E-state index in [-0.39, 0.29) is 22.5 Å². The summed E-state index contributed by atoms with van der Waals surface area (Å²) in [4.78, 5) is 37.6. The number of para-hydroxylation sites is 1. The summed E-state index contributed by atoms with van der Waals surface area (Å²) >= 11 is 6.02. The van der Waals surface area contributed by atoms with Crippen molar-refractivity contribution in [1.29, 1.82) is 0 Å². The molecule has 0 spiro atoms. The molecule has 1 aliphatic rings. The molecule has 28 heavy (non-hydrogen) atoms. The summed E-state index contributed by atoms with van der Waals surface area (Å²) in [6.07, 6.45) is -0.249. The lowest BCUT2D eigenvalue weighted by molar-refractivity contribution is -0.120. The number of benzene rings is 2. The van der Waals surface area contributed by atoms with Gasteiger partial charge in [0.1, 0.15) is 16.5 Å². The lowest BCUT2D eigenvalue weighted by Gasteiger charge is -2.15. The number of hydrogen-bond donors (Lipinski definition) is 1. The molecule has 6 nitrogen and oxygen atoms in total. The molecule has 2 amide bonds. The number of amides is 2. The van der Waals surface area contributed by atoms with E-state index in [9.17, 15) is 18.8 Å². The molecular formula is C20H16ClFN2O4. The Morgan fingerprint density at radius 3 is 2.32 bits per heavy atom. The second-order valence-corrected chi connectivity index (χ2v) is 6.62. The molecule has 0 fully saturated rings. The standard InChI is InChI=1S/C20H16ClFN2O4/c1-11(2)28-20(27)12-7-9-13(10-8-12)23-17-16(21)18(25)24(19(17)26)15-6-4-3-5-14(15)22/h3-11,23H,1-2H3. The van der Waals surface area contributed by atoms with Crippen LogP contribution >= 0.6 is 11.6 Å². The summed E-state index contributed by atoms with van der Waals surface area (Å²) < 4.78 is 19.1. The molecule has 2 aromatic carbocycles. The van der Waals surface area contributed by atoms with Gasteiger partial charge in [-0.05, 0) is 50.2 Å². The average molecular weight is 403 g/mol. The normalized spacial score (nSPS) is 14.1. The molecule has 1 aliphatic heterocycles. The van der Waals surface area contributed by atoms with Gasteiger partial charge in [0, 0.05) is 5.69 Å². The van der Waals surface area contributed by atoms with E-state index in [0.29, 0.717) is 16.2 Å². The maximum atomic E-state index is 14.0. The molecule has 144 valence electrons. The molecule has 0 radical (unpaired) electrons. The summed E-state index contributed by atoms with van der Waals surface area (Å²) in [5.41, 5.74) is 0.401. The van der Waals surface area contributed by atoms with Gasteiger partial charge in [-0.2, -0.15) is 0 Å². The Kier molecular flexibility index (Phi) is 5.46. The van der Waals surface area contributed by atoms with E-state index in [2.05, 4.69) is 5.32 Å². The number of hydrogen-bond acceptors (Lipinski definition) is 5. The Hall–Kier alpha value is -3.19.